The van der Waals surface area contributed by atoms with E-state index in [0.29, 0.717) is 28.6 Å². The normalized spacial score (nSPS) is 11.5. The van der Waals surface area contributed by atoms with Crippen LogP contribution in [-0.2, 0) is 10.0 Å². The van der Waals surface area contributed by atoms with Gasteiger partial charge in [0.2, 0.25) is 0 Å². The molecular formula is C19H24N2O6S. The Bertz CT molecular complexity index is 924. The summed E-state index contributed by atoms with van der Waals surface area (Å²) in [6.45, 7) is 3.78. The van der Waals surface area contributed by atoms with Crippen molar-refractivity contribution < 1.29 is 27.4 Å². The fourth-order valence-corrected chi connectivity index (χ4v) is 3.13. The number of rotatable bonds is 9. The molecule has 0 bridgehead atoms. The van der Waals surface area contributed by atoms with Crippen LogP contribution in [-0.4, -0.2) is 42.1 Å². The van der Waals surface area contributed by atoms with Crippen molar-refractivity contribution in [3.8, 4) is 23.0 Å². The molecule has 0 aliphatic rings. The SMILES string of the molecule is COc1cc(OC)c(OC)cc1/C=N/NS(=O)(=O)c1ccc(OC(C)C)cc1. The van der Waals surface area contributed by atoms with E-state index in [0.717, 1.165) is 0 Å². The first-order valence-electron chi connectivity index (χ1n) is 8.42. The number of nitrogens with zero attached hydrogens (tertiary/aromatic N) is 1. The summed E-state index contributed by atoms with van der Waals surface area (Å²) >= 11 is 0. The van der Waals surface area contributed by atoms with E-state index in [1.807, 2.05) is 13.8 Å². The fourth-order valence-electron chi connectivity index (χ4n) is 2.34. The lowest BCUT2D eigenvalue weighted by molar-refractivity contribution is 0.242. The quantitative estimate of drug-likeness (QED) is 0.506. The van der Waals surface area contributed by atoms with E-state index < -0.39 is 10.0 Å². The molecule has 28 heavy (non-hydrogen) atoms. The van der Waals surface area contributed by atoms with Gasteiger partial charge in [0.1, 0.15) is 11.5 Å². The van der Waals surface area contributed by atoms with Gasteiger partial charge in [0.25, 0.3) is 10.0 Å². The smallest absolute Gasteiger partial charge is 0.276 e. The molecule has 0 heterocycles. The first-order chi connectivity index (χ1) is 13.3. The highest BCUT2D eigenvalue weighted by Gasteiger charge is 2.14. The Labute approximate surface area is 165 Å². The lowest BCUT2D eigenvalue weighted by atomic mass is 10.2. The molecule has 0 radical (unpaired) electrons. The van der Waals surface area contributed by atoms with Crippen LogP contribution in [0.2, 0.25) is 0 Å². The van der Waals surface area contributed by atoms with Crippen LogP contribution >= 0.6 is 0 Å². The van der Waals surface area contributed by atoms with Gasteiger partial charge >= 0.3 is 0 Å². The molecule has 1 N–H and O–H groups in total. The van der Waals surface area contributed by atoms with E-state index >= 15 is 0 Å². The number of hydrazone groups is 1. The van der Waals surface area contributed by atoms with Gasteiger partial charge in [-0.25, -0.2) is 4.83 Å². The highest BCUT2D eigenvalue weighted by Crippen LogP contribution is 2.33. The summed E-state index contributed by atoms with van der Waals surface area (Å²) in [6.07, 6.45) is 1.33. The third-order valence-electron chi connectivity index (χ3n) is 3.62. The van der Waals surface area contributed by atoms with Crippen LogP contribution in [0.25, 0.3) is 0 Å². The van der Waals surface area contributed by atoms with Crippen LogP contribution < -0.4 is 23.8 Å². The van der Waals surface area contributed by atoms with E-state index in [1.54, 1.807) is 24.3 Å². The second kappa shape index (κ2) is 9.32. The highest BCUT2D eigenvalue weighted by molar-refractivity contribution is 7.89. The topological polar surface area (TPSA) is 95.5 Å². The molecule has 8 nitrogen and oxygen atoms in total. The standard InChI is InChI=1S/C19H24N2O6S/c1-13(2)27-15-6-8-16(9-7-15)28(22,23)21-20-12-14-10-18(25-4)19(26-5)11-17(14)24-3/h6-13,21H,1-5H3/b20-12+. The molecular weight excluding hydrogens is 384 g/mol. The summed E-state index contributed by atoms with van der Waals surface area (Å²) in [5, 5.41) is 3.83. The average molecular weight is 408 g/mol. The molecule has 9 heteroatoms. The minimum absolute atomic E-state index is 0.00153. The van der Waals surface area contributed by atoms with Gasteiger partial charge in [-0.15, -0.1) is 0 Å². The van der Waals surface area contributed by atoms with Crippen LogP contribution in [0.1, 0.15) is 19.4 Å². The largest absolute Gasteiger partial charge is 0.496 e. The molecule has 0 saturated heterocycles. The van der Waals surface area contributed by atoms with E-state index in [9.17, 15) is 8.42 Å². The molecule has 0 aliphatic heterocycles. The van der Waals surface area contributed by atoms with Gasteiger partial charge in [0.15, 0.2) is 11.5 Å². The molecule has 152 valence electrons. The van der Waals surface area contributed by atoms with Crippen molar-refractivity contribution in [3.05, 3.63) is 42.0 Å². The monoisotopic (exact) mass is 408 g/mol. The number of hydrogen-bond acceptors (Lipinski definition) is 7. The second-order valence-electron chi connectivity index (χ2n) is 5.94. The summed E-state index contributed by atoms with van der Waals surface area (Å²) in [5.74, 6) is 2.00. The van der Waals surface area contributed by atoms with E-state index in [2.05, 4.69) is 9.93 Å². The van der Waals surface area contributed by atoms with Crippen LogP contribution in [0.3, 0.4) is 0 Å². The number of ether oxygens (including phenoxy) is 4. The fraction of sp³-hybridized carbons (Fsp3) is 0.316. The third kappa shape index (κ3) is 5.29. The molecule has 2 aromatic carbocycles. The first-order valence-corrected chi connectivity index (χ1v) is 9.90. The van der Waals surface area contributed by atoms with Crippen LogP contribution in [0.15, 0.2) is 46.4 Å². The molecule has 0 fully saturated rings. The Kier molecular flexibility index (Phi) is 7.11. The predicted octanol–water partition coefficient (Wildman–Crippen LogP) is 2.81. The maximum absolute atomic E-state index is 12.4. The van der Waals surface area contributed by atoms with Gasteiger partial charge in [-0.1, -0.05) is 0 Å². The molecule has 0 saturated carbocycles. The van der Waals surface area contributed by atoms with E-state index in [-0.39, 0.29) is 11.0 Å². The van der Waals surface area contributed by atoms with Crippen LogP contribution in [0.4, 0.5) is 0 Å². The zero-order valence-electron chi connectivity index (χ0n) is 16.4. The van der Waals surface area contributed by atoms with Crippen LogP contribution in [0, 0.1) is 0 Å². The zero-order chi connectivity index (χ0) is 20.7. The van der Waals surface area contributed by atoms with Crippen molar-refractivity contribution in [3.63, 3.8) is 0 Å². The number of hydrogen-bond donors (Lipinski definition) is 1. The van der Waals surface area contributed by atoms with Gasteiger partial charge in [0.05, 0.1) is 38.5 Å². The minimum atomic E-state index is -3.82. The van der Waals surface area contributed by atoms with Crippen molar-refractivity contribution in [2.24, 2.45) is 5.10 Å². The van der Waals surface area contributed by atoms with Crippen molar-refractivity contribution in [2.75, 3.05) is 21.3 Å². The average Bonchev–Trinajstić information content (AvgIpc) is 2.67. The highest BCUT2D eigenvalue weighted by atomic mass is 32.2. The molecule has 0 aliphatic carbocycles. The zero-order valence-corrected chi connectivity index (χ0v) is 17.2. The number of nitrogens with one attached hydrogen (secondary N) is 1. The number of benzene rings is 2. The lowest BCUT2D eigenvalue weighted by Gasteiger charge is -2.12. The van der Waals surface area contributed by atoms with Gasteiger partial charge in [-0.05, 0) is 44.2 Å². The summed E-state index contributed by atoms with van der Waals surface area (Å²) in [7, 11) is 0.677. The van der Waals surface area contributed by atoms with Crippen molar-refractivity contribution in [1.29, 1.82) is 0 Å². The number of methoxy groups -OCH3 is 3. The van der Waals surface area contributed by atoms with Gasteiger partial charge in [0, 0.05) is 11.6 Å². The maximum atomic E-state index is 12.4. The van der Waals surface area contributed by atoms with Crippen molar-refractivity contribution in [1.82, 2.24) is 4.83 Å². The minimum Gasteiger partial charge on any atom is -0.496 e. The Morgan fingerprint density at radius 3 is 2.04 bits per heavy atom. The molecule has 0 atom stereocenters. The Hall–Kier alpha value is -2.94. The summed E-state index contributed by atoms with van der Waals surface area (Å²) in [6, 6.07) is 9.35. The molecule has 2 aromatic rings. The summed E-state index contributed by atoms with van der Waals surface area (Å²) in [5.41, 5.74) is 0.517. The van der Waals surface area contributed by atoms with E-state index in [4.69, 9.17) is 18.9 Å². The van der Waals surface area contributed by atoms with Crippen LogP contribution in [0.5, 0.6) is 23.0 Å². The second-order valence-corrected chi connectivity index (χ2v) is 7.60. The predicted molar refractivity (Wildman–Crippen MR) is 106 cm³/mol. The summed E-state index contributed by atoms with van der Waals surface area (Å²) in [4.78, 5) is 2.24. The summed E-state index contributed by atoms with van der Waals surface area (Å²) < 4.78 is 46.0. The molecule has 0 unspecified atom stereocenters. The van der Waals surface area contributed by atoms with Gasteiger partial charge in [-0.2, -0.15) is 13.5 Å². The van der Waals surface area contributed by atoms with E-state index in [1.165, 1.54) is 39.7 Å². The molecule has 2 rings (SSSR count). The lowest BCUT2D eigenvalue weighted by Crippen LogP contribution is -2.18. The molecule has 0 spiro atoms. The number of sulfonamides is 1. The Balaban J connectivity index is 2.19. The van der Waals surface area contributed by atoms with Gasteiger partial charge < -0.3 is 18.9 Å². The first kappa shape index (κ1) is 21.4. The molecule has 0 aromatic heterocycles. The Morgan fingerprint density at radius 2 is 1.50 bits per heavy atom. The maximum Gasteiger partial charge on any atom is 0.276 e. The Morgan fingerprint density at radius 1 is 0.929 bits per heavy atom. The van der Waals surface area contributed by atoms with Gasteiger partial charge in [-0.3, -0.25) is 0 Å². The molecule has 0 amide bonds. The van der Waals surface area contributed by atoms with Crippen molar-refractivity contribution >= 4 is 16.2 Å². The van der Waals surface area contributed by atoms with Crippen molar-refractivity contribution in [2.45, 2.75) is 24.8 Å². The third-order valence-corrected chi connectivity index (χ3v) is 4.86.